The van der Waals surface area contributed by atoms with Crippen molar-refractivity contribution in [2.45, 2.75) is 19.9 Å². The Labute approximate surface area is 151 Å². The van der Waals surface area contributed by atoms with Crippen LogP contribution < -0.4 is 5.32 Å². The average molecular weight is 345 g/mol. The highest BCUT2D eigenvalue weighted by Gasteiger charge is 2.11. The number of rotatable bonds is 5. The smallest absolute Gasteiger partial charge is 0.138 e. The van der Waals surface area contributed by atoms with Crippen molar-refractivity contribution in [1.82, 2.24) is 9.97 Å². The molecule has 0 spiro atoms. The van der Waals surface area contributed by atoms with Crippen molar-refractivity contribution < 1.29 is 0 Å². The molecule has 3 nitrogen and oxygen atoms in total. The van der Waals surface area contributed by atoms with E-state index in [1.165, 1.54) is 16.0 Å². The average Bonchev–Trinajstić information content (AvgIpc) is 3.02. The number of thiophene rings is 1. The summed E-state index contributed by atoms with van der Waals surface area (Å²) in [7, 11) is 0. The van der Waals surface area contributed by atoms with Crippen LogP contribution in [-0.2, 0) is 13.0 Å². The van der Waals surface area contributed by atoms with E-state index in [-0.39, 0.29) is 0 Å². The second-order valence-electron chi connectivity index (χ2n) is 6.07. The predicted molar refractivity (Wildman–Crippen MR) is 105 cm³/mol. The van der Waals surface area contributed by atoms with Crippen LogP contribution in [-0.4, -0.2) is 9.97 Å². The lowest BCUT2D eigenvalue weighted by molar-refractivity contribution is 0.985. The zero-order chi connectivity index (χ0) is 17.1. The van der Waals surface area contributed by atoms with Crippen LogP contribution >= 0.6 is 11.3 Å². The Kier molecular flexibility index (Phi) is 4.44. The monoisotopic (exact) mass is 345 g/mol. The lowest BCUT2D eigenvalue weighted by Gasteiger charge is -2.09. The predicted octanol–water partition coefficient (Wildman–Crippen LogP) is 5.20. The molecule has 4 aromatic rings. The second kappa shape index (κ2) is 7.03. The van der Waals surface area contributed by atoms with Crippen molar-refractivity contribution in [1.29, 1.82) is 0 Å². The van der Waals surface area contributed by atoms with E-state index in [1.807, 2.05) is 12.1 Å². The molecule has 0 aliphatic rings. The summed E-state index contributed by atoms with van der Waals surface area (Å²) in [6, 6.07) is 22.9. The fourth-order valence-corrected chi connectivity index (χ4v) is 3.76. The van der Waals surface area contributed by atoms with Crippen LogP contribution in [0.25, 0.3) is 10.2 Å². The third-order valence-electron chi connectivity index (χ3n) is 4.07. The SMILES string of the molecule is Cc1cc2c(NCc3ccccc3)nc(Cc3ccccc3)nc2s1. The molecule has 0 saturated carbocycles. The number of benzene rings is 2. The zero-order valence-electron chi connectivity index (χ0n) is 14.1. The van der Waals surface area contributed by atoms with E-state index >= 15 is 0 Å². The van der Waals surface area contributed by atoms with Gasteiger partial charge in [-0.1, -0.05) is 60.7 Å². The maximum atomic E-state index is 4.81. The molecule has 0 unspecified atom stereocenters. The van der Waals surface area contributed by atoms with E-state index in [0.29, 0.717) is 0 Å². The van der Waals surface area contributed by atoms with Gasteiger partial charge in [0.15, 0.2) is 0 Å². The minimum Gasteiger partial charge on any atom is -0.365 e. The number of hydrogen-bond acceptors (Lipinski definition) is 4. The molecular weight excluding hydrogens is 326 g/mol. The Bertz CT molecular complexity index is 978. The van der Waals surface area contributed by atoms with Crippen LogP contribution in [0.15, 0.2) is 66.7 Å². The topological polar surface area (TPSA) is 37.8 Å². The molecule has 1 N–H and O–H groups in total. The lowest BCUT2D eigenvalue weighted by atomic mass is 10.1. The van der Waals surface area contributed by atoms with E-state index in [2.05, 4.69) is 66.8 Å². The summed E-state index contributed by atoms with van der Waals surface area (Å²) in [5.74, 6) is 1.78. The van der Waals surface area contributed by atoms with E-state index < -0.39 is 0 Å². The fourth-order valence-electron chi connectivity index (χ4n) is 2.86. The first-order valence-corrected chi connectivity index (χ1v) is 9.18. The highest BCUT2D eigenvalue weighted by Crippen LogP contribution is 2.29. The van der Waals surface area contributed by atoms with Crippen LogP contribution in [0, 0.1) is 6.92 Å². The number of nitrogens with zero attached hydrogens (tertiary/aromatic N) is 2. The van der Waals surface area contributed by atoms with E-state index in [9.17, 15) is 0 Å². The number of aromatic nitrogens is 2. The summed E-state index contributed by atoms with van der Waals surface area (Å²) >= 11 is 1.72. The van der Waals surface area contributed by atoms with Gasteiger partial charge in [-0.15, -0.1) is 11.3 Å². The lowest BCUT2D eigenvalue weighted by Crippen LogP contribution is -2.05. The zero-order valence-corrected chi connectivity index (χ0v) is 14.9. The first-order valence-electron chi connectivity index (χ1n) is 8.37. The van der Waals surface area contributed by atoms with Gasteiger partial charge in [-0.05, 0) is 24.1 Å². The Hall–Kier alpha value is -2.72. The quantitative estimate of drug-likeness (QED) is 0.540. The van der Waals surface area contributed by atoms with Gasteiger partial charge in [0, 0.05) is 17.8 Å². The second-order valence-corrected chi connectivity index (χ2v) is 7.30. The van der Waals surface area contributed by atoms with Crippen molar-refractivity contribution in [3.05, 3.63) is 88.6 Å². The maximum absolute atomic E-state index is 4.81. The minimum atomic E-state index is 0.744. The van der Waals surface area contributed by atoms with Crippen molar-refractivity contribution in [3.8, 4) is 0 Å². The molecular formula is C21H19N3S. The summed E-state index contributed by atoms with van der Waals surface area (Å²) in [5, 5.41) is 4.61. The third-order valence-corrected chi connectivity index (χ3v) is 5.01. The fraction of sp³-hybridized carbons (Fsp3) is 0.143. The van der Waals surface area contributed by atoms with Gasteiger partial charge in [-0.2, -0.15) is 0 Å². The van der Waals surface area contributed by atoms with Gasteiger partial charge >= 0.3 is 0 Å². The summed E-state index contributed by atoms with van der Waals surface area (Å²) in [5.41, 5.74) is 2.47. The van der Waals surface area contributed by atoms with Crippen LogP contribution in [0.4, 0.5) is 5.82 Å². The van der Waals surface area contributed by atoms with Crippen LogP contribution in [0.5, 0.6) is 0 Å². The number of fused-ring (bicyclic) bond motifs is 1. The molecule has 0 radical (unpaired) electrons. The molecule has 0 fully saturated rings. The molecule has 0 amide bonds. The van der Waals surface area contributed by atoms with Crippen LogP contribution in [0.1, 0.15) is 21.8 Å². The van der Waals surface area contributed by atoms with E-state index in [1.54, 1.807) is 11.3 Å². The standard InChI is InChI=1S/C21H19N3S/c1-15-12-18-20(22-14-17-10-6-3-7-11-17)23-19(24-21(18)25-15)13-16-8-4-2-5-9-16/h2-12H,13-14H2,1H3,(H,22,23,24). The summed E-state index contributed by atoms with van der Waals surface area (Å²) in [4.78, 5) is 11.9. The van der Waals surface area contributed by atoms with Gasteiger partial charge < -0.3 is 5.32 Å². The number of nitrogens with one attached hydrogen (secondary N) is 1. The first-order chi connectivity index (χ1) is 12.3. The van der Waals surface area contributed by atoms with Gasteiger partial charge in [0.05, 0.1) is 5.39 Å². The molecule has 4 rings (SSSR count). The van der Waals surface area contributed by atoms with E-state index in [0.717, 1.165) is 34.8 Å². The molecule has 0 aliphatic carbocycles. The molecule has 2 aromatic heterocycles. The molecule has 2 heterocycles. The van der Waals surface area contributed by atoms with Crippen LogP contribution in [0.2, 0.25) is 0 Å². The molecule has 25 heavy (non-hydrogen) atoms. The first kappa shape index (κ1) is 15.8. The summed E-state index contributed by atoms with van der Waals surface area (Å²) in [6.45, 7) is 2.87. The Morgan fingerprint density at radius 2 is 1.56 bits per heavy atom. The van der Waals surface area contributed by atoms with Gasteiger partial charge in [-0.25, -0.2) is 9.97 Å². The molecule has 0 aliphatic heterocycles. The molecule has 4 heteroatoms. The number of aryl methyl sites for hydroxylation is 1. The van der Waals surface area contributed by atoms with Gasteiger partial charge in [-0.3, -0.25) is 0 Å². The molecule has 124 valence electrons. The van der Waals surface area contributed by atoms with Gasteiger partial charge in [0.1, 0.15) is 16.5 Å². The van der Waals surface area contributed by atoms with E-state index in [4.69, 9.17) is 9.97 Å². The molecule has 0 saturated heterocycles. The highest BCUT2D eigenvalue weighted by molar-refractivity contribution is 7.18. The summed E-state index contributed by atoms with van der Waals surface area (Å²) in [6.07, 6.45) is 0.744. The molecule has 0 bridgehead atoms. The maximum Gasteiger partial charge on any atom is 0.138 e. The number of anilines is 1. The van der Waals surface area contributed by atoms with Gasteiger partial charge in [0.2, 0.25) is 0 Å². The summed E-state index contributed by atoms with van der Waals surface area (Å²) < 4.78 is 0. The van der Waals surface area contributed by atoms with Crippen molar-refractivity contribution >= 4 is 27.4 Å². The molecule has 2 aromatic carbocycles. The van der Waals surface area contributed by atoms with Crippen LogP contribution in [0.3, 0.4) is 0 Å². The Morgan fingerprint density at radius 1 is 0.880 bits per heavy atom. The largest absolute Gasteiger partial charge is 0.365 e. The van der Waals surface area contributed by atoms with Crippen molar-refractivity contribution in [2.24, 2.45) is 0 Å². The Balaban J connectivity index is 1.66. The number of hydrogen-bond donors (Lipinski definition) is 1. The third kappa shape index (κ3) is 3.69. The normalized spacial score (nSPS) is 10.9. The Morgan fingerprint density at radius 3 is 2.28 bits per heavy atom. The minimum absolute atomic E-state index is 0.744. The highest BCUT2D eigenvalue weighted by atomic mass is 32.1. The van der Waals surface area contributed by atoms with Gasteiger partial charge in [0.25, 0.3) is 0 Å². The van der Waals surface area contributed by atoms with Crippen molar-refractivity contribution in [2.75, 3.05) is 5.32 Å². The van der Waals surface area contributed by atoms with Crippen molar-refractivity contribution in [3.63, 3.8) is 0 Å². The molecule has 0 atom stereocenters.